The van der Waals surface area contributed by atoms with E-state index in [1.807, 2.05) is 58.8 Å². The number of thiazole rings is 1. The molecule has 4 aromatic rings. The van der Waals surface area contributed by atoms with E-state index < -0.39 is 0 Å². The number of hydrogen-bond acceptors (Lipinski definition) is 4. The van der Waals surface area contributed by atoms with Crippen LogP contribution in [0.3, 0.4) is 0 Å². The smallest absolute Gasteiger partial charge is 0.269 e. The lowest BCUT2D eigenvalue weighted by Crippen LogP contribution is -2.26. The number of fused-ring (bicyclic) bond motifs is 1. The van der Waals surface area contributed by atoms with Crippen molar-refractivity contribution in [1.29, 1.82) is 0 Å². The standard InChI is InChI=1S/C20H20ClN5OS/c1-13-10-14(2)26(24-13)9-3-8-22-19(27)18-12-28-20-23-17(11-25(18)20)15-4-6-16(21)7-5-15/h4-7,10-12H,3,8-9H2,1-2H3,(H,22,27). The summed E-state index contributed by atoms with van der Waals surface area (Å²) in [4.78, 5) is 18.0. The van der Waals surface area contributed by atoms with Gasteiger partial charge in [-0.15, -0.1) is 11.3 Å². The average Bonchev–Trinajstić information content (AvgIpc) is 3.33. The highest BCUT2D eigenvalue weighted by Gasteiger charge is 2.15. The fourth-order valence-electron chi connectivity index (χ4n) is 3.13. The Morgan fingerprint density at radius 1 is 1.25 bits per heavy atom. The number of nitrogens with one attached hydrogen (secondary N) is 1. The van der Waals surface area contributed by atoms with Crippen molar-refractivity contribution in [2.75, 3.05) is 6.54 Å². The number of rotatable bonds is 6. The summed E-state index contributed by atoms with van der Waals surface area (Å²) in [5.74, 6) is -0.0975. The number of benzene rings is 1. The van der Waals surface area contributed by atoms with Gasteiger partial charge in [-0.2, -0.15) is 5.10 Å². The molecule has 0 bridgehead atoms. The third kappa shape index (κ3) is 3.81. The van der Waals surface area contributed by atoms with E-state index in [2.05, 4.69) is 21.5 Å². The van der Waals surface area contributed by atoms with Crippen molar-refractivity contribution in [3.05, 3.63) is 64.0 Å². The van der Waals surface area contributed by atoms with Crippen molar-refractivity contribution < 1.29 is 4.79 Å². The van der Waals surface area contributed by atoms with Crippen molar-refractivity contribution in [1.82, 2.24) is 24.5 Å². The summed E-state index contributed by atoms with van der Waals surface area (Å²) in [6.45, 7) is 5.40. The predicted octanol–water partition coefficient (Wildman–Crippen LogP) is 4.35. The van der Waals surface area contributed by atoms with Crippen LogP contribution in [0, 0.1) is 13.8 Å². The molecular formula is C20H20ClN5OS. The van der Waals surface area contributed by atoms with Gasteiger partial charge < -0.3 is 5.32 Å². The van der Waals surface area contributed by atoms with Crippen molar-refractivity contribution >= 4 is 33.8 Å². The van der Waals surface area contributed by atoms with Gasteiger partial charge in [-0.3, -0.25) is 13.9 Å². The number of carbonyl (C=O) groups is 1. The lowest BCUT2D eigenvalue weighted by molar-refractivity contribution is 0.0947. The molecular weight excluding hydrogens is 394 g/mol. The van der Waals surface area contributed by atoms with E-state index >= 15 is 0 Å². The van der Waals surface area contributed by atoms with Crippen LogP contribution in [0.5, 0.6) is 0 Å². The van der Waals surface area contributed by atoms with Crippen molar-refractivity contribution in [2.24, 2.45) is 0 Å². The Bertz CT molecular complexity index is 1130. The maximum atomic E-state index is 12.6. The second-order valence-corrected chi connectivity index (χ2v) is 7.94. The summed E-state index contributed by atoms with van der Waals surface area (Å²) < 4.78 is 3.81. The average molecular weight is 414 g/mol. The highest BCUT2D eigenvalue weighted by molar-refractivity contribution is 7.15. The molecule has 3 aromatic heterocycles. The summed E-state index contributed by atoms with van der Waals surface area (Å²) in [6, 6.07) is 9.57. The van der Waals surface area contributed by atoms with Crippen LogP contribution in [0.25, 0.3) is 16.2 Å². The second kappa shape index (κ2) is 7.77. The molecule has 0 saturated heterocycles. The number of hydrogen-bond donors (Lipinski definition) is 1. The van der Waals surface area contributed by atoms with E-state index in [0.717, 1.165) is 40.6 Å². The lowest BCUT2D eigenvalue weighted by Gasteiger charge is -2.06. The molecule has 6 nitrogen and oxygen atoms in total. The van der Waals surface area contributed by atoms with E-state index in [-0.39, 0.29) is 5.91 Å². The minimum Gasteiger partial charge on any atom is -0.351 e. The first-order chi connectivity index (χ1) is 13.5. The molecule has 0 unspecified atom stereocenters. The quantitative estimate of drug-likeness (QED) is 0.478. The maximum absolute atomic E-state index is 12.6. The summed E-state index contributed by atoms with van der Waals surface area (Å²) in [5.41, 5.74) is 4.53. The van der Waals surface area contributed by atoms with Gasteiger partial charge in [0.2, 0.25) is 0 Å². The zero-order chi connectivity index (χ0) is 19.7. The van der Waals surface area contributed by atoms with Gasteiger partial charge in [0.05, 0.1) is 11.4 Å². The Labute approximate surface area is 171 Å². The summed E-state index contributed by atoms with van der Waals surface area (Å²) >= 11 is 7.40. The van der Waals surface area contributed by atoms with Crippen LogP contribution in [0.15, 0.2) is 41.9 Å². The number of amides is 1. The van der Waals surface area contributed by atoms with Gasteiger partial charge in [0.15, 0.2) is 4.96 Å². The molecule has 0 saturated carbocycles. The van der Waals surface area contributed by atoms with Gasteiger partial charge in [0, 0.05) is 40.9 Å². The summed E-state index contributed by atoms with van der Waals surface area (Å²) in [7, 11) is 0. The number of nitrogens with zero attached hydrogens (tertiary/aromatic N) is 4. The third-order valence-corrected chi connectivity index (χ3v) is 5.61. The third-order valence-electron chi connectivity index (χ3n) is 4.52. The Hall–Kier alpha value is -2.64. The van der Waals surface area contributed by atoms with Gasteiger partial charge in [-0.25, -0.2) is 4.98 Å². The second-order valence-electron chi connectivity index (χ2n) is 6.67. The molecule has 28 heavy (non-hydrogen) atoms. The van der Waals surface area contributed by atoms with E-state index in [9.17, 15) is 4.79 Å². The monoisotopic (exact) mass is 413 g/mol. The number of halogens is 1. The van der Waals surface area contributed by atoms with Crippen LogP contribution in [0.2, 0.25) is 5.02 Å². The van der Waals surface area contributed by atoms with Crippen LogP contribution in [-0.2, 0) is 6.54 Å². The molecule has 0 atom stereocenters. The fourth-order valence-corrected chi connectivity index (χ4v) is 4.11. The molecule has 0 aliphatic rings. The van der Waals surface area contributed by atoms with E-state index in [1.54, 1.807) is 0 Å². The molecule has 0 radical (unpaired) electrons. The maximum Gasteiger partial charge on any atom is 0.269 e. The van der Waals surface area contributed by atoms with Crippen molar-refractivity contribution in [2.45, 2.75) is 26.8 Å². The first kappa shape index (κ1) is 18.7. The highest BCUT2D eigenvalue weighted by atomic mass is 35.5. The molecule has 0 aliphatic heterocycles. The van der Waals surface area contributed by atoms with Gasteiger partial charge in [0.1, 0.15) is 5.69 Å². The highest BCUT2D eigenvalue weighted by Crippen LogP contribution is 2.24. The Kier molecular flexibility index (Phi) is 5.19. The molecule has 1 amide bonds. The normalized spacial score (nSPS) is 11.2. The number of imidazole rings is 1. The summed E-state index contributed by atoms with van der Waals surface area (Å²) in [6.07, 6.45) is 2.71. The van der Waals surface area contributed by atoms with E-state index in [1.165, 1.54) is 11.3 Å². The predicted molar refractivity (Wildman–Crippen MR) is 112 cm³/mol. The van der Waals surface area contributed by atoms with Gasteiger partial charge in [-0.1, -0.05) is 23.7 Å². The first-order valence-corrected chi connectivity index (χ1v) is 10.3. The largest absolute Gasteiger partial charge is 0.351 e. The lowest BCUT2D eigenvalue weighted by atomic mass is 10.2. The zero-order valence-electron chi connectivity index (χ0n) is 15.6. The zero-order valence-corrected chi connectivity index (χ0v) is 17.2. The molecule has 3 heterocycles. The number of aryl methyl sites for hydroxylation is 3. The first-order valence-electron chi connectivity index (χ1n) is 9.03. The van der Waals surface area contributed by atoms with Crippen LogP contribution in [0.4, 0.5) is 0 Å². The van der Waals surface area contributed by atoms with Gasteiger partial charge in [-0.05, 0) is 38.5 Å². The van der Waals surface area contributed by atoms with E-state index in [4.69, 9.17) is 11.6 Å². The Morgan fingerprint density at radius 3 is 2.75 bits per heavy atom. The molecule has 1 aromatic carbocycles. The molecule has 0 aliphatic carbocycles. The molecule has 4 rings (SSSR count). The molecule has 0 fully saturated rings. The van der Waals surface area contributed by atoms with Gasteiger partial charge >= 0.3 is 0 Å². The Morgan fingerprint density at radius 2 is 2.04 bits per heavy atom. The Balaban J connectivity index is 1.41. The molecule has 144 valence electrons. The van der Waals surface area contributed by atoms with Crippen LogP contribution in [-0.4, -0.2) is 31.6 Å². The summed E-state index contributed by atoms with van der Waals surface area (Å²) in [5, 5.41) is 9.95. The van der Waals surface area contributed by atoms with Crippen molar-refractivity contribution in [3.8, 4) is 11.3 Å². The van der Waals surface area contributed by atoms with Crippen molar-refractivity contribution in [3.63, 3.8) is 0 Å². The molecule has 0 spiro atoms. The van der Waals surface area contributed by atoms with Crippen LogP contribution < -0.4 is 5.32 Å². The van der Waals surface area contributed by atoms with E-state index in [0.29, 0.717) is 17.3 Å². The van der Waals surface area contributed by atoms with Crippen LogP contribution in [0.1, 0.15) is 28.3 Å². The van der Waals surface area contributed by atoms with Crippen LogP contribution >= 0.6 is 22.9 Å². The van der Waals surface area contributed by atoms with Gasteiger partial charge in [0.25, 0.3) is 5.91 Å². The minimum atomic E-state index is -0.0975. The number of aromatic nitrogens is 4. The molecule has 1 N–H and O–H groups in total. The number of carbonyl (C=O) groups excluding carboxylic acids is 1. The SMILES string of the molecule is Cc1cc(C)n(CCCNC(=O)c2csc3nc(-c4ccc(Cl)cc4)cn23)n1. The minimum absolute atomic E-state index is 0.0975. The topological polar surface area (TPSA) is 64.2 Å². The fraction of sp³-hybridized carbons (Fsp3) is 0.250. The molecule has 8 heteroatoms.